The highest BCUT2D eigenvalue weighted by Crippen LogP contribution is 2.26. The fourth-order valence-electron chi connectivity index (χ4n) is 3.00. The Kier molecular flexibility index (Phi) is 5.67. The summed E-state index contributed by atoms with van der Waals surface area (Å²) in [6.07, 6.45) is 6.17. The highest BCUT2D eigenvalue weighted by molar-refractivity contribution is 7.09. The Morgan fingerprint density at radius 1 is 1.40 bits per heavy atom. The first-order chi connectivity index (χ1) is 12.0. The number of hydrogen-bond donors (Lipinski definition) is 1. The van der Waals surface area contributed by atoms with E-state index in [2.05, 4.69) is 38.5 Å². The molecule has 3 heterocycles. The summed E-state index contributed by atoms with van der Waals surface area (Å²) in [7, 11) is 0. The second-order valence-electron chi connectivity index (χ2n) is 6.93. The molecule has 7 nitrogen and oxygen atoms in total. The zero-order chi connectivity index (χ0) is 17.8. The van der Waals surface area contributed by atoms with Crippen LogP contribution in [0.1, 0.15) is 39.4 Å². The van der Waals surface area contributed by atoms with Gasteiger partial charge < -0.3 is 10.2 Å². The SMILES string of the molecule is CCn1cc(NC(=O)C2CCN(c3nc(CC(C)C)ns3)CC2)cn1. The summed E-state index contributed by atoms with van der Waals surface area (Å²) in [5.74, 6) is 1.63. The lowest BCUT2D eigenvalue weighted by Crippen LogP contribution is -2.38. The third-order valence-corrected chi connectivity index (χ3v) is 5.22. The van der Waals surface area contributed by atoms with Crippen molar-refractivity contribution >= 4 is 28.3 Å². The van der Waals surface area contributed by atoms with Gasteiger partial charge in [0, 0.05) is 49.7 Å². The number of piperidine rings is 1. The number of amides is 1. The number of anilines is 2. The molecule has 1 amide bonds. The van der Waals surface area contributed by atoms with Crippen LogP contribution in [0.2, 0.25) is 0 Å². The molecule has 0 spiro atoms. The molecule has 136 valence electrons. The molecule has 1 fully saturated rings. The first-order valence-corrected chi connectivity index (χ1v) is 9.73. The van der Waals surface area contributed by atoms with Crippen molar-refractivity contribution in [1.82, 2.24) is 19.1 Å². The van der Waals surface area contributed by atoms with E-state index in [1.54, 1.807) is 6.20 Å². The minimum absolute atomic E-state index is 0.0456. The molecule has 0 bridgehead atoms. The number of aryl methyl sites for hydroxylation is 1. The maximum Gasteiger partial charge on any atom is 0.227 e. The van der Waals surface area contributed by atoms with Crippen LogP contribution in [0.15, 0.2) is 12.4 Å². The van der Waals surface area contributed by atoms with Crippen LogP contribution in [-0.2, 0) is 17.8 Å². The highest BCUT2D eigenvalue weighted by atomic mass is 32.1. The van der Waals surface area contributed by atoms with Crippen molar-refractivity contribution in [1.29, 1.82) is 0 Å². The summed E-state index contributed by atoms with van der Waals surface area (Å²) < 4.78 is 6.26. The minimum Gasteiger partial charge on any atom is -0.347 e. The average Bonchev–Trinajstić information content (AvgIpc) is 3.24. The highest BCUT2D eigenvalue weighted by Gasteiger charge is 2.27. The lowest BCUT2D eigenvalue weighted by Gasteiger charge is -2.30. The van der Waals surface area contributed by atoms with Crippen molar-refractivity contribution in [3.8, 4) is 0 Å². The Balaban J connectivity index is 1.51. The molecule has 0 unspecified atom stereocenters. The van der Waals surface area contributed by atoms with E-state index in [4.69, 9.17) is 0 Å². The maximum atomic E-state index is 12.4. The van der Waals surface area contributed by atoms with Crippen molar-refractivity contribution in [2.75, 3.05) is 23.3 Å². The first kappa shape index (κ1) is 17.8. The normalized spacial score (nSPS) is 15.8. The first-order valence-electron chi connectivity index (χ1n) is 8.96. The van der Waals surface area contributed by atoms with Gasteiger partial charge in [-0.1, -0.05) is 13.8 Å². The Hall–Kier alpha value is -1.96. The average molecular weight is 363 g/mol. The molecule has 1 N–H and O–H groups in total. The largest absolute Gasteiger partial charge is 0.347 e. The van der Waals surface area contributed by atoms with Gasteiger partial charge in [0.1, 0.15) is 5.82 Å². The van der Waals surface area contributed by atoms with Crippen molar-refractivity contribution in [3.05, 3.63) is 18.2 Å². The Morgan fingerprint density at radius 3 is 2.80 bits per heavy atom. The van der Waals surface area contributed by atoms with E-state index in [1.807, 2.05) is 17.8 Å². The van der Waals surface area contributed by atoms with Crippen LogP contribution in [-0.4, -0.2) is 38.1 Å². The molecule has 1 aliphatic heterocycles. The molecule has 0 aliphatic carbocycles. The van der Waals surface area contributed by atoms with Crippen LogP contribution in [0.4, 0.5) is 10.8 Å². The molecule has 25 heavy (non-hydrogen) atoms. The fourth-order valence-corrected chi connectivity index (χ4v) is 3.75. The number of carbonyl (C=O) groups excluding carboxylic acids is 1. The third-order valence-electron chi connectivity index (χ3n) is 4.41. The summed E-state index contributed by atoms with van der Waals surface area (Å²) >= 11 is 1.47. The van der Waals surface area contributed by atoms with Crippen molar-refractivity contribution in [2.45, 2.75) is 46.6 Å². The van der Waals surface area contributed by atoms with E-state index in [9.17, 15) is 4.79 Å². The lowest BCUT2D eigenvalue weighted by molar-refractivity contribution is -0.120. The number of nitrogens with one attached hydrogen (secondary N) is 1. The molecule has 8 heteroatoms. The smallest absolute Gasteiger partial charge is 0.227 e. The number of carbonyl (C=O) groups is 1. The minimum atomic E-state index is 0.0456. The summed E-state index contributed by atoms with van der Waals surface area (Å²) in [6.45, 7) is 8.87. The van der Waals surface area contributed by atoms with E-state index in [0.717, 1.165) is 55.5 Å². The third kappa shape index (κ3) is 4.56. The molecular formula is C17H26N6OS. The summed E-state index contributed by atoms with van der Waals surface area (Å²) in [5, 5.41) is 8.15. The fraction of sp³-hybridized carbons (Fsp3) is 0.647. The quantitative estimate of drug-likeness (QED) is 0.855. The van der Waals surface area contributed by atoms with Gasteiger partial charge in [-0.3, -0.25) is 9.48 Å². The predicted octanol–water partition coefficient (Wildman–Crippen LogP) is 2.81. The van der Waals surface area contributed by atoms with Crippen LogP contribution in [0.3, 0.4) is 0 Å². The second kappa shape index (κ2) is 7.95. The van der Waals surface area contributed by atoms with Crippen molar-refractivity contribution in [2.24, 2.45) is 11.8 Å². The molecule has 2 aromatic rings. The van der Waals surface area contributed by atoms with Crippen LogP contribution in [0.25, 0.3) is 0 Å². The van der Waals surface area contributed by atoms with Gasteiger partial charge in [-0.05, 0) is 25.7 Å². The van der Waals surface area contributed by atoms with E-state index in [1.165, 1.54) is 11.5 Å². The summed E-state index contributed by atoms with van der Waals surface area (Å²) in [4.78, 5) is 19.3. The molecule has 1 aliphatic rings. The zero-order valence-electron chi connectivity index (χ0n) is 15.1. The van der Waals surface area contributed by atoms with Gasteiger partial charge >= 0.3 is 0 Å². The van der Waals surface area contributed by atoms with Crippen LogP contribution in [0, 0.1) is 11.8 Å². The van der Waals surface area contributed by atoms with Gasteiger partial charge in [-0.15, -0.1) is 0 Å². The molecular weight excluding hydrogens is 336 g/mol. The van der Waals surface area contributed by atoms with E-state index in [-0.39, 0.29) is 11.8 Å². The van der Waals surface area contributed by atoms with Crippen LogP contribution in [0.5, 0.6) is 0 Å². The molecule has 0 aromatic carbocycles. The van der Waals surface area contributed by atoms with Crippen LogP contribution >= 0.6 is 11.5 Å². The Bertz CT molecular complexity index is 702. The Labute approximate surface area is 152 Å². The zero-order valence-corrected chi connectivity index (χ0v) is 15.9. The number of nitrogens with zero attached hydrogens (tertiary/aromatic N) is 5. The molecule has 0 atom stereocenters. The standard InChI is InChI=1S/C17H26N6OS/c1-4-23-11-14(10-18-23)19-16(24)13-5-7-22(8-6-13)17-20-15(21-25-17)9-12(2)3/h10-13H,4-9H2,1-3H3,(H,19,24). The van der Waals surface area contributed by atoms with E-state index in [0.29, 0.717) is 5.92 Å². The van der Waals surface area contributed by atoms with Gasteiger partial charge in [0.05, 0.1) is 11.9 Å². The molecule has 1 saturated heterocycles. The van der Waals surface area contributed by atoms with Gasteiger partial charge in [0.15, 0.2) is 0 Å². The number of rotatable bonds is 6. The predicted molar refractivity (Wildman–Crippen MR) is 99.9 cm³/mol. The molecule has 3 rings (SSSR count). The van der Waals surface area contributed by atoms with Crippen molar-refractivity contribution in [3.63, 3.8) is 0 Å². The molecule has 2 aromatic heterocycles. The second-order valence-corrected chi connectivity index (χ2v) is 7.66. The van der Waals surface area contributed by atoms with Gasteiger partial charge in [-0.2, -0.15) is 9.47 Å². The van der Waals surface area contributed by atoms with Crippen molar-refractivity contribution < 1.29 is 4.79 Å². The summed E-state index contributed by atoms with van der Waals surface area (Å²) in [6, 6.07) is 0. The molecule has 0 saturated carbocycles. The maximum absolute atomic E-state index is 12.4. The Morgan fingerprint density at radius 2 is 2.16 bits per heavy atom. The molecule has 0 radical (unpaired) electrons. The lowest BCUT2D eigenvalue weighted by atomic mass is 9.96. The topological polar surface area (TPSA) is 75.9 Å². The monoisotopic (exact) mass is 362 g/mol. The van der Waals surface area contributed by atoms with E-state index >= 15 is 0 Å². The number of hydrogen-bond acceptors (Lipinski definition) is 6. The van der Waals surface area contributed by atoms with Crippen LogP contribution < -0.4 is 10.2 Å². The van der Waals surface area contributed by atoms with Gasteiger partial charge in [0.2, 0.25) is 11.0 Å². The number of aromatic nitrogens is 4. The van der Waals surface area contributed by atoms with Gasteiger partial charge in [0.25, 0.3) is 0 Å². The summed E-state index contributed by atoms with van der Waals surface area (Å²) in [5.41, 5.74) is 0.775. The van der Waals surface area contributed by atoms with E-state index < -0.39 is 0 Å². The van der Waals surface area contributed by atoms with Gasteiger partial charge in [-0.25, -0.2) is 4.98 Å².